The SMILES string of the molecule is CCC(C)N(CC(=O)O)C(=O)N(C)CC1CCC1. The molecule has 0 radical (unpaired) electrons. The zero-order chi connectivity index (χ0) is 13.7. The molecule has 0 aromatic carbocycles. The van der Waals surface area contributed by atoms with Crippen molar-refractivity contribution < 1.29 is 14.7 Å². The maximum Gasteiger partial charge on any atom is 0.323 e. The van der Waals surface area contributed by atoms with Crippen molar-refractivity contribution >= 4 is 12.0 Å². The van der Waals surface area contributed by atoms with Crippen molar-refractivity contribution in [3.8, 4) is 0 Å². The summed E-state index contributed by atoms with van der Waals surface area (Å²) in [6, 6.07) is -0.212. The van der Waals surface area contributed by atoms with Crippen LogP contribution in [0.4, 0.5) is 4.79 Å². The van der Waals surface area contributed by atoms with Crippen LogP contribution in [-0.4, -0.2) is 53.1 Å². The third-order valence-electron chi connectivity index (χ3n) is 3.76. The first-order chi connectivity index (χ1) is 8.45. The molecule has 1 saturated carbocycles. The molecule has 1 atom stereocenters. The Labute approximate surface area is 109 Å². The van der Waals surface area contributed by atoms with Gasteiger partial charge in [0.2, 0.25) is 0 Å². The van der Waals surface area contributed by atoms with Gasteiger partial charge in [-0.1, -0.05) is 13.3 Å². The minimum absolute atomic E-state index is 0.0440. The Hall–Kier alpha value is -1.26. The van der Waals surface area contributed by atoms with Crippen molar-refractivity contribution in [3.63, 3.8) is 0 Å². The van der Waals surface area contributed by atoms with Gasteiger partial charge in [0.15, 0.2) is 0 Å². The lowest BCUT2D eigenvalue weighted by atomic mass is 9.85. The number of urea groups is 1. The van der Waals surface area contributed by atoms with E-state index in [-0.39, 0.29) is 18.6 Å². The van der Waals surface area contributed by atoms with Gasteiger partial charge in [0.05, 0.1) is 0 Å². The maximum absolute atomic E-state index is 12.2. The normalized spacial score (nSPS) is 16.8. The second-order valence-corrected chi connectivity index (χ2v) is 5.24. The van der Waals surface area contributed by atoms with Gasteiger partial charge in [-0.3, -0.25) is 4.79 Å². The average Bonchev–Trinajstić information content (AvgIpc) is 2.28. The number of aliphatic carboxylic acids is 1. The minimum atomic E-state index is -0.958. The molecular formula is C13H24N2O3. The Morgan fingerprint density at radius 1 is 1.39 bits per heavy atom. The molecule has 0 saturated heterocycles. The Kier molecular flexibility index (Phi) is 5.44. The molecule has 0 aromatic heterocycles. The molecule has 104 valence electrons. The predicted octanol–water partition coefficient (Wildman–Crippen LogP) is 2.02. The molecule has 2 amide bonds. The van der Waals surface area contributed by atoms with Crippen LogP contribution in [0.15, 0.2) is 0 Å². The fourth-order valence-corrected chi connectivity index (χ4v) is 2.14. The van der Waals surface area contributed by atoms with Crippen LogP contribution in [0.3, 0.4) is 0 Å². The highest BCUT2D eigenvalue weighted by Crippen LogP contribution is 2.27. The number of carbonyl (C=O) groups is 2. The summed E-state index contributed by atoms with van der Waals surface area (Å²) in [5.74, 6) is -0.358. The van der Waals surface area contributed by atoms with Gasteiger partial charge in [-0.2, -0.15) is 0 Å². The minimum Gasteiger partial charge on any atom is -0.480 e. The molecule has 0 aliphatic heterocycles. The van der Waals surface area contributed by atoms with Crippen LogP contribution in [0.5, 0.6) is 0 Å². The summed E-state index contributed by atoms with van der Waals surface area (Å²) in [6.45, 7) is 4.37. The van der Waals surface area contributed by atoms with Crippen molar-refractivity contribution in [2.75, 3.05) is 20.1 Å². The first-order valence-corrected chi connectivity index (χ1v) is 6.69. The van der Waals surface area contributed by atoms with Gasteiger partial charge in [-0.05, 0) is 32.1 Å². The number of amides is 2. The quantitative estimate of drug-likeness (QED) is 0.791. The zero-order valence-corrected chi connectivity index (χ0v) is 11.6. The Balaban J connectivity index is 2.58. The smallest absolute Gasteiger partial charge is 0.323 e. The largest absolute Gasteiger partial charge is 0.480 e. The topological polar surface area (TPSA) is 60.9 Å². The zero-order valence-electron chi connectivity index (χ0n) is 11.6. The van der Waals surface area contributed by atoms with Crippen molar-refractivity contribution in [3.05, 3.63) is 0 Å². The third-order valence-corrected chi connectivity index (χ3v) is 3.76. The van der Waals surface area contributed by atoms with E-state index in [0.29, 0.717) is 5.92 Å². The number of nitrogens with zero attached hydrogens (tertiary/aromatic N) is 2. The van der Waals surface area contributed by atoms with E-state index in [1.807, 2.05) is 13.8 Å². The summed E-state index contributed by atoms with van der Waals surface area (Å²) >= 11 is 0. The van der Waals surface area contributed by atoms with E-state index in [1.165, 1.54) is 24.2 Å². The molecule has 0 bridgehead atoms. The lowest BCUT2D eigenvalue weighted by Crippen LogP contribution is -2.49. The van der Waals surface area contributed by atoms with Gasteiger partial charge in [-0.15, -0.1) is 0 Å². The molecule has 5 nitrogen and oxygen atoms in total. The molecule has 5 heteroatoms. The van der Waals surface area contributed by atoms with Gasteiger partial charge in [0, 0.05) is 19.6 Å². The van der Waals surface area contributed by atoms with E-state index in [2.05, 4.69) is 0 Å². The standard InChI is InChI=1S/C13H24N2O3/c1-4-10(2)15(9-12(16)17)13(18)14(3)8-11-6-5-7-11/h10-11H,4-9H2,1-3H3,(H,16,17). The number of carbonyl (C=O) groups excluding carboxylic acids is 1. The lowest BCUT2D eigenvalue weighted by Gasteiger charge is -2.35. The van der Waals surface area contributed by atoms with E-state index < -0.39 is 5.97 Å². The second-order valence-electron chi connectivity index (χ2n) is 5.24. The monoisotopic (exact) mass is 256 g/mol. The van der Waals surface area contributed by atoms with Crippen LogP contribution in [0.25, 0.3) is 0 Å². The Morgan fingerprint density at radius 2 is 2.00 bits per heavy atom. The molecule has 1 aliphatic carbocycles. The summed E-state index contributed by atoms with van der Waals surface area (Å²) in [6.07, 6.45) is 4.37. The van der Waals surface area contributed by atoms with E-state index in [1.54, 1.807) is 11.9 Å². The van der Waals surface area contributed by atoms with Crippen LogP contribution >= 0.6 is 0 Å². The van der Waals surface area contributed by atoms with Gasteiger partial charge in [-0.25, -0.2) is 4.79 Å². The summed E-state index contributed by atoms with van der Waals surface area (Å²) in [7, 11) is 1.76. The first-order valence-electron chi connectivity index (χ1n) is 6.69. The summed E-state index contributed by atoms with van der Waals surface area (Å²) in [5, 5.41) is 8.89. The van der Waals surface area contributed by atoms with Crippen molar-refractivity contribution in [2.45, 2.75) is 45.6 Å². The van der Waals surface area contributed by atoms with E-state index in [0.717, 1.165) is 13.0 Å². The number of rotatable bonds is 6. The van der Waals surface area contributed by atoms with Crippen molar-refractivity contribution in [1.29, 1.82) is 0 Å². The molecular weight excluding hydrogens is 232 g/mol. The van der Waals surface area contributed by atoms with Gasteiger partial charge >= 0.3 is 12.0 Å². The molecule has 1 N–H and O–H groups in total. The fourth-order valence-electron chi connectivity index (χ4n) is 2.14. The highest BCUT2D eigenvalue weighted by atomic mass is 16.4. The first kappa shape index (κ1) is 14.8. The van der Waals surface area contributed by atoms with Gasteiger partial charge < -0.3 is 14.9 Å². The molecule has 1 fully saturated rings. The van der Waals surface area contributed by atoms with Crippen molar-refractivity contribution in [2.24, 2.45) is 5.92 Å². The average molecular weight is 256 g/mol. The number of hydrogen-bond acceptors (Lipinski definition) is 2. The molecule has 1 rings (SSSR count). The third kappa shape index (κ3) is 3.89. The molecule has 0 aromatic rings. The maximum atomic E-state index is 12.2. The van der Waals surface area contributed by atoms with E-state index in [4.69, 9.17) is 5.11 Å². The molecule has 0 heterocycles. The van der Waals surface area contributed by atoms with E-state index in [9.17, 15) is 9.59 Å². The van der Waals surface area contributed by atoms with Crippen LogP contribution in [0, 0.1) is 5.92 Å². The number of carboxylic acid groups (broad SMARTS) is 1. The van der Waals surface area contributed by atoms with Gasteiger partial charge in [0.25, 0.3) is 0 Å². The predicted molar refractivity (Wildman–Crippen MR) is 69.5 cm³/mol. The molecule has 18 heavy (non-hydrogen) atoms. The second kappa shape index (κ2) is 6.61. The van der Waals surface area contributed by atoms with Crippen LogP contribution in [-0.2, 0) is 4.79 Å². The van der Waals surface area contributed by atoms with Crippen LogP contribution < -0.4 is 0 Å². The molecule has 0 spiro atoms. The van der Waals surface area contributed by atoms with Crippen LogP contribution in [0.2, 0.25) is 0 Å². The highest BCUT2D eigenvalue weighted by molar-refractivity contribution is 5.80. The highest BCUT2D eigenvalue weighted by Gasteiger charge is 2.27. The van der Waals surface area contributed by atoms with E-state index >= 15 is 0 Å². The fraction of sp³-hybridized carbons (Fsp3) is 0.846. The van der Waals surface area contributed by atoms with Gasteiger partial charge in [0.1, 0.15) is 6.54 Å². The summed E-state index contributed by atoms with van der Waals surface area (Å²) in [5.41, 5.74) is 0. The molecule has 1 aliphatic rings. The molecule has 1 unspecified atom stereocenters. The summed E-state index contributed by atoms with van der Waals surface area (Å²) < 4.78 is 0. The van der Waals surface area contributed by atoms with Crippen molar-refractivity contribution in [1.82, 2.24) is 9.80 Å². The Bertz CT molecular complexity index is 303. The number of hydrogen-bond donors (Lipinski definition) is 1. The Morgan fingerprint density at radius 3 is 2.39 bits per heavy atom. The van der Waals surface area contributed by atoms with Crippen LogP contribution in [0.1, 0.15) is 39.5 Å². The number of carboxylic acids is 1. The summed E-state index contributed by atoms with van der Waals surface area (Å²) in [4.78, 5) is 26.2. The lowest BCUT2D eigenvalue weighted by molar-refractivity contribution is -0.138.